The molecule has 34 heavy (non-hydrogen) atoms. The molecule has 6 heteroatoms. The normalized spacial score (nSPS) is 24.1. The number of halogens is 2. The van der Waals surface area contributed by atoms with Crippen molar-refractivity contribution in [2.24, 2.45) is 11.8 Å². The molecule has 2 saturated carbocycles. The molecule has 0 saturated heterocycles. The molecule has 4 rings (SSSR count). The Morgan fingerprint density at radius 2 is 1.59 bits per heavy atom. The van der Waals surface area contributed by atoms with Crippen LogP contribution in [0.5, 0.6) is 0 Å². The van der Waals surface area contributed by atoms with Gasteiger partial charge in [0.25, 0.3) is 0 Å². The number of carboxylic acid groups (broad SMARTS) is 1. The Bertz CT molecular complexity index is 923. The highest BCUT2D eigenvalue weighted by Crippen LogP contribution is 2.42. The fourth-order valence-electron chi connectivity index (χ4n) is 4.99. The summed E-state index contributed by atoms with van der Waals surface area (Å²) in [6, 6.07) is 19.7. The fraction of sp³-hybridized carbons (Fsp3) is 0.464. The molecule has 2 aromatic carbocycles. The zero-order valence-electron chi connectivity index (χ0n) is 20.1. The molecule has 2 aliphatic rings. The molecule has 2 aromatic rings. The lowest BCUT2D eigenvalue weighted by molar-refractivity contribution is 0.0697. The van der Waals surface area contributed by atoms with Gasteiger partial charge in [0, 0.05) is 24.7 Å². The van der Waals surface area contributed by atoms with E-state index in [-0.39, 0.29) is 24.8 Å². The van der Waals surface area contributed by atoms with Gasteiger partial charge >= 0.3 is 5.97 Å². The van der Waals surface area contributed by atoms with Gasteiger partial charge in [0.2, 0.25) is 0 Å². The Morgan fingerprint density at radius 1 is 0.971 bits per heavy atom. The Morgan fingerprint density at radius 3 is 2.18 bits per heavy atom. The van der Waals surface area contributed by atoms with E-state index in [1.165, 1.54) is 37.7 Å². The van der Waals surface area contributed by atoms with E-state index in [9.17, 15) is 4.79 Å². The fourth-order valence-corrected chi connectivity index (χ4v) is 4.99. The molecular weight excluding hydrogens is 467 g/mol. The van der Waals surface area contributed by atoms with E-state index in [4.69, 9.17) is 5.11 Å². The van der Waals surface area contributed by atoms with Gasteiger partial charge in [-0.25, -0.2) is 4.79 Å². The minimum Gasteiger partial charge on any atom is -0.478 e. The molecule has 0 spiro atoms. The van der Waals surface area contributed by atoms with Gasteiger partial charge in [0.1, 0.15) is 0 Å². The summed E-state index contributed by atoms with van der Waals surface area (Å²) in [5.74, 6) is 0.389. The van der Waals surface area contributed by atoms with Gasteiger partial charge in [0.15, 0.2) is 0 Å². The summed E-state index contributed by atoms with van der Waals surface area (Å²) in [4.78, 5) is 11.0. The lowest BCUT2D eigenvalue weighted by Crippen LogP contribution is -2.41. The third-order valence-electron chi connectivity index (χ3n) is 6.99. The maximum atomic E-state index is 11.0. The number of rotatable bonds is 9. The number of hydrogen-bond acceptors (Lipinski definition) is 3. The maximum Gasteiger partial charge on any atom is 0.335 e. The molecule has 0 amide bonds. The van der Waals surface area contributed by atoms with Crippen LogP contribution in [0.1, 0.15) is 67.4 Å². The Labute approximate surface area is 216 Å². The first-order chi connectivity index (χ1) is 15.5. The van der Waals surface area contributed by atoms with Crippen molar-refractivity contribution in [3.8, 4) is 0 Å². The monoisotopic (exact) mass is 504 g/mol. The van der Waals surface area contributed by atoms with Crippen LogP contribution in [0, 0.1) is 11.8 Å². The largest absolute Gasteiger partial charge is 0.478 e. The topological polar surface area (TPSA) is 61.4 Å². The lowest BCUT2D eigenvalue weighted by atomic mass is 9.90. The molecule has 4 nitrogen and oxygen atoms in total. The van der Waals surface area contributed by atoms with Gasteiger partial charge in [-0.15, -0.1) is 24.8 Å². The van der Waals surface area contributed by atoms with Gasteiger partial charge in [-0.3, -0.25) is 0 Å². The lowest BCUT2D eigenvalue weighted by Gasteiger charge is -2.30. The summed E-state index contributed by atoms with van der Waals surface area (Å²) in [5.41, 5.74) is 4.38. The standard InChI is InChI=1S/C28H36N2O2.2ClH/c1-19(2)25(16-20-6-4-3-5-7-20)26-17-27(26)30-24-14-12-23(13-15-24)29-18-21-8-10-22(11-9-21)28(31)32;;/h3-11,16,19,23-24,26-27,29-30H,12-15,17-18H2,1-2H3,(H,31,32);2*1H/t23?,24?,26?,27-;;/m0../s1. The van der Waals surface area contributed by atoms with Crippen LogP contribution in [0.4, 0.5) is 0 Å². The van der Waals surface area contributed by atoms with Gasteiger partial charge in [-0.2, -0.15) is 0 Å². The smallest absolute Gasteiger partial charge is 0.335 e. The first-order valence-electron chi connectivity index (χ1n) is 12.1. The highest BCUT2D eigenvalue weighted by atomic mass is 35.5. The summed E-state index contributed by atoms with van der Waals surface area (Å²) < 4.78 is 0. The second-order valence-electron chi connectivity index (χ2n) is 9.76. The predicted octanol–water partition coefficient (Wildman–Crippen LogP) is 6.35. The molecule has 186 valence electrons. The van der Waals surface area contributed by atoms with E-state index in [0.29, 0.717) is 35.5 Å². The van der Waals surface area contributed by atoms with E-state index in [0.717, 1.165) is 12.1 Å². The Kier molecular flexibility index (Phi) is 11.1. The van der Waals surface area contributed by atoms with Crippen molar-refractivity contribution in [1.29, 1.82) is 0 Å². The zero-order valence-corrected chi connectivity index (χ0v) is 21.7. The third-order valence-corrected chi connectivity index (χ3v) is 6.99. The average Bonchev–Trinajstić information content (AvgIpc) is 3.56. The molecule has 3 N–H and O–H groups in total. The summed E-state index contributed by atoms with van der Waals surface area (Å²) in [6.45, 7) is 5.43. The molecule has 2 aliphatic carbocycles. The second kappa shape index (κ2) is 13.3. The number of nitrogens with one attached hydrogen (secondary N) is 2. The van der Waals surface area contributed by atoms with E-state index in [1.807, 2.05) is 12.1 Å². The molecule has 0 aromatic heterocycles. The van der Waals surface area contributed by atoms with Crippen molar-refractivity contribution in [3.05, 3.63) is 76.9 Å². The third kappa shape index (κ3) is 7.84. The van der Waals surface area contributed by atoms with Crippen molar-refractivity contribution in [3.63, 3.8) is 0 Å². The van der Waals surface area contributed by atoms with Gasteiger partial charge < -0.3 is 15.7 Å². The second-order valence-corrected chi connectivity index (χ2v) is 9.76. The zero-order chi connectivity index (χ0) is 22.5. The number of hydrogen-bond donors (Lipinski definition) is 3. The Balaban J connectivity index is 0.00000204. The van der Waals surface area contributed by atoms with Crippen molar-refractivity contribution in [2.45, 2.75) is 70.6 Å². The molecule has 0 heterocycles. The summed E-state index contributed by atoms with van der Waals surface area (Å²) >= 11 is 0. The number of carboxylic acids is 1. The van der Waals surface area contributed by atoms with Crippen LogP contribution < -0.4 is 10.6 Å². The highest BCUT2D eigenvalue weighted by molar-refractivity contribution is 5.87. The minimum atomic E-state index is -0.871. The predicted molar refractivity (Wildman–Crippen MR) is 145 cm³/mol. The Hall–Kier alpha value is -1.85. The van der Waals surface area contributed by atoms with Gasteiger partial charge in [-0.05, 0) is 67.2 Å². The molecular formula is C28H38Cl2N2O2. The minimum absolute atomic E-state index is 0. The highest BCUT2D eigenvalue weighted by Gasteiger charge is 2.41. The van der Waals surface area contributed by atoms with Crippen molar-refractivity contribution >= 4 is 36.9 Å². The first kappa shape index (κ1) is 28.4. The van der Waals surface area contributed by atoms with Crippen molar-refractivity contribution < 1.29 is 9.90 Å². The van der Waals surface area contributed by atoms with Gasteiger partial charge in [0.05, 0.1) is 5.56 Å². The van der Waals surface area contributed by atoms with Crippen LogP contribution in [0.3, 0.4) is 0 Å². The first-order valence-corrected chi connectivity index (χ1v) is 12.1. The van der Waals surface area contributed by atoms with Crippen molar-refractivity contribution in [1.82, 2.24) is 10.6 Å². The molecule has 2 fully saturated rings. The molecule has 0 aliphatic heterocycles. The van der Waals surface area contributed by atoms with E-state index in [1.54, 1.807) is 17.7 Å². The summed E-state index contributed by atoms with van der Waals surface area (Å²) in [6.07, 6.45) is 8.50. The average molecular weight is 506 g/mol. The summed E-state index contributed by atoms with van der Waals surface area (Å²) in [5, 5.41) is 16.6. The summed E-state index contributed by atoms with van der Waals surface area (Å²) in [7, 11) is 0. The molecule has 0 radical (unpaired) electrons. The quantitative estimate of drug-likeness (QED) is 0.372. The number of aromatic carboxylic acids is 1. The van der Waals surface area contributed by atoms with Crippen LogP contribution in [0.25, 0.3) is 6.08 Å². The molecule has 0 bridgehead atoms. The van der Waals surface area contributed by atoms with E-state index >= 15 is 0 Å². The van der Waals surface area contributed by atoms with Crippen molar-refractivity contribution in [2.75, 3.05) is 0 Å². The SMILES string of the molecule is CC(C)C(=Cc1ccccc1)C1C[C@@H]1NC1CCC(NCc2ccc(C(=O)O)cc2)CC1.Cl.Cl. The maximum absolute atomic E-state index is 11.0. The van der Waals surface area contributed by atoms with Crippen LogP contribution in [0.2, 0.25) is 0 Å². The van der Waals surface area contributed by atoms with E-state index < -0.39 is 5.97 Å². The van der Waals surface area contributed by atoms with Gasteiger partial charge in [-0.1, -0.05) is 68.0 Å². The number of benzene rings is 2. The molecule has 1 unspecified atom stereocenters. The van der Waals surface area contributed by atoms with Crippen LogP contribution in [0.15, 0.2) is 60.2 Å². The van der Waals surface area contributed by atoms with E-state index in [2.05, 4.69) is 60.9 Å². The number of carbonyl (C=O) groups is 1. The molecule has 2 atom stereocenters. The van der Waals surface area contributed by atoms with Crippen LogP contribution in [-0.4, -0.2) is 29.2 Å². The van der Waals surface area contributed by atoms with Crippen LogP contribution >= 0.6 is 24.8 Å². The van der Waals surface area contributed by atoms with Crippen LogP contribution in [-0.2, 0) is 6.54 Å².